The molecule has 1 N–H and O–H groups in total. The van der Waals surface area contributed by atoms with Gasteiger partial charge in [-0.05, 0) is 76.1 Å². The Morgan fingerprint density at radius 1 is 0.962 bits per heavy atom. The molecule has 0 aliphatic carbocycles. The van der Waals surface area contributed by atoms with Crippen molar-refractivity contribution in [1.29, 1.82) is 0 Å². The molecule has 132 valence electrons. The van der Waals surface area contributed by atoms with E-state index in [2.05, 4.69) is 21.2 Å². The van der Waals surface area contributed by atoms with Gasteiger partial charge in [0.15, 0.2) is 0 Å². The zero-order valence-electron chi connectivity index (χ0n) is 13.5. The molecule has 3 rings (SSSR count). The Morgan fingerprint density at radius 2 is 1.65 bits per heavy atom. The predicted octanol–water partition coefficient (Wildman–Crippen LogP) is 7.30. The maximum atomic E-state index is 12.3. The summed E-state index contributed by atoms with van der Waals surface area (Å²) in [5.41, 5.74) is 2.41. The van der Waals surface area contributed by atoms with Gasteiger partial charge in [-0.25, -0.2) is 0 Å². The number of amides is 1. The van der Waals surface area contributed by atoms with Crippen LogP contribution in [0.1, 0.15) is 15.9 Å². The summed E-state index contributed by atoms with van der Waals surface area (Å²) >= 11 is 17.0. The highest BCUT2D eigenvalue weighted by atomic mass is 79.9. The summed E-state index contributed by atoms with van der Waals surface area (Å²) in [5, 5.41) is 4.13. The summed E-state index contributed by atoms with van der Waals surface area (Å²) in [6.07, 6.45) is 0. The quantitative estimate of drug-likeness (QED) is 0.399. The van der Waals surface area contributed by atoms with Crippen LogP contribution < -0.4 is 5.32 Å². The highest BCUT2D eigenvalue weighted by Crippen LogP contribution is 2.26. The number of thioether (sulfide) groups is 1. The molecule has 2 nitrogen and oxygen atoms in total. The zero-order chi connectivity index (χ0) is 18.5. The van der Waals surface area contributed by atoms with Gasteiger partial charge in [0.25, 0.3) is 5.91 Å². The number of halogens is 3. The SMILES string of the molecule is O=C(Nc1ccc(Br)c(Cl)c1)c1ccc(CSc2ccc(Cl)cc2)cc1. The number of rotatable bonds is 5. The number of benzene rings is 3. The average molecular weight is 467 g/mol. The molecular weight excluding hydrogens is 453 g/mol. The van der Waals surface area contributed by atoms with Crippen LogP contribution in [0.15, 0.2) is 76.1 Å². The third-order valence-electron chi connectivity index (χ3n) is 3.61. The Labute approximate surface area is 175 Å². The molecule has 0 radical (unpaired) electrons. The smallest absolute Gasteiger partial charge is 0.255 e. The van der Waals surface area contributed by atoms with Crippen molar-refractivity contribution in [1.82, 2.24) is 0 Å². The molecule has 0 unspecified atom stereocenters. The summed E-state index contributed by atoms with van der Waals surface area (Å²) in [6.45, 7) is 0. The van der Waals surface area contributed by atoms with E-state index in [1.807, 2.05) is 48.5 Å². The van der Waals surface area contributed by atoms with E-state index in [0.717, 1.165) is 25.7 Å². The van der Waals surface area contributed by atoms with Gasteiger partial charge in [0.05, 0.1) is 5.02 Å². The summed E-state index contributed by atoms with van der Waals surface area (Å²) in [4.78, 5) is 13.5. The van der Waals surface area contributed by atoms with E-state index in [1.54, 1.807) is 30.0 Å². The van der Waals surface area contributed by atoms with Crippen molar-refractivity contribution in [2.45, 2.75) is 10.6 Å². The summed E-state index contributed by atoms with van der Waals surface area (Å²) in [6, 6.07) is 20.6. The molecule has 0 saturated heterocycles. The van der Waals surface area contributed by atoms with Crippen LogP contribution in [0.4, 0.5) is 5.69 Å². The van der Waals surface area contributed by atoms with Gasteiger partial charge in [-0.3, -0.25) is 4.79 Å². The third-order valence-corrected chi connectivity index (χ3v) is 6.18. The Balaban J connectivity index is 1.60. The molecule has 0 saturated carbocycles. The maximum absolute atomic E-state index is 12.3. The molecule has 0 aliphatic heterocycles. The molecular formula is C20H14BrCl2NOS. The first kappa shape index (κ1) is 19.3. The highest BCUT2D eigenvalue weighted by Gasteiger charge is 2.07. The first-order valence-corrected chi connectivity index (χ1v) is 10.3. The van der Waals surface area contributed by atoms with Crippen LogP contribution in [0, 0.1) is 0 Å². The molecule has 0 bridgehead atoms. The maximum Gasteiger partial charge on any atom is 0.255 e. The zero-order valence-corrected chi connectivity index (χ0v) is 17.4. The lowest BCUT2D eigenvalue weighted by molar-refractivity contribution is 0.102. The van der Waals surface area contributed by atoms with E-state index in [0.29, 0.717) is 16.3 Å². The van der Waals surface area contributed by atoms with Crippen LogP contribution in [0.3, 0.4) is 0 Å². The molecule has 6 heteroatoms. The van der Waals surface area contributed by atoms with Crippen molar-refractivity contribution in [2.24, 2.45) is 0 Å². The van der Waals surface area contributed by atoms with Crippen molar-refractivity contribution in [3.05, 3.63) is 92.4 Å². The summed E-state index contributed by atoms with van der Waals surface area (Å²) < 4.78 is 0.791. The van der Waals surface area contributed by atoms with Gasteiger partial charge in [0, 0.05) is 31.4 Å². The van der Waals surface area contributed by atoms with Crippen LogP contribution in [0.25, 0.3) is 0 Å². The number of hydrogen-bond acceptors (Lipinski definition) is 2. The van der Waals surface area contributed by atoms with Crippen LogP contribution in [-0.2, 0) is 5.75 Å². The fraction of sp³-hybridized carbons (Fsp3) is 0.0500. The van der Waals surface area contributed by atoms with Gasteiger partial charge in [-0.2, -0.15) is 0 Å². The van der Waals surface area contributed by atoms with E-state index in [4.69, 9.17) is 23.2 Å². The van der Waals surface area contributed by atoms with Crippen LogP contribution in [0.2, 0.25) is 10.0 Å². The molecule has 0 heterocycles. The molecule has 3 aromatic rings. The van der Waals surface area contributed by atoms with E-state index in [1.165, 1.54) is 0 Å². The molecule has 0 spiro atoms. The minimum atomic E-state index is -0.166. The fourth-order valence-corrected chi connectivity index (χ4v) is 3.63. The van der Waals surface area contributed by atoms with Crippen molar-refractivity contribution in [3.63, 3.8) is 0 Å². The molecule has 0 aromatic heterocycles. The number of carbonyl (C=O) groups is 1. The topological polar surface area (TPSA) is 29.1 Å². The number of hydrogen-bond donors (Lipinski definition) is 1. The Hall–Kier alpha value is -1.46. The first-order valence-electron chi connectivity index (χ1n) is 7.75. The fourth-order valence-electron chi connectivity index (χ4n) is 2.23. The normalized spacial score (nSPS) is 10.6. The number of nitrogens with one attached hydrogen (secondary N) is 1. The minimum Gasteiger partial charge on any atom is -0.322 e. The Bertz CT molecular complexity index is 914. The van der Waals surface area contributed by atoms with Crippen molar-refractivity contribution >= 4 is 62.5 Å². The number of carbonyl (C=O) groups excluding carboxylic acids is 1. The molecule has 0 fully saturated rings. The average Bonchev–Trinajstić information content (AvgIpc) is 2.65. The second-order valence-corrected chi connectivity index (χ2v) is 8.27. The van der Waals surface area contributed by atoms with Crippen molar-refractivity contribution < 1.29 is 4.79 Å². The van der Waals surface area contributed by atoms with Crippen LogP contribution in [-0.4, -0.2) is 5.91 Å². The van der Waals surface area contributed by atoms with E-state index in [9.17, 15) is 4.79 Å². The van der Waals surface area contributed by atoms with Crippen LogP contribution >= 0.6 is 50.9 Å². The first-order chi connectivity index (χ1) is 12.5. The standard InChI is InChI=1S/C20H14BrCl2NOS/c21-18-10-7-16(11-19(18)23)24-20(25)14-3-1-13(2-4-14)12-26-17-8-5-15(22)6-9-17/h1-11H,12H2,(H,24,25). The molecule has 0 aliphatic rings. The Morgan fingerprint density at radius 3 is 2.31 bits per heavy atom. The minimum absolute atomic E-state index is 0.166. The lowest BCUT2D eigenvalue weighted by atomic mass is 10.1. The van der Waals surface area contributed by atoms with E-state index < -0.39 is 0 Å². The van der Waals surface area contributed by atoms with Gasteiger partial charge >= 0.3 is 0 Å². The molecule has 26 heavy (non-hydrogen) atoms. The molecule has 3 aromatic carbocycles. The largest absolute Gasteiger partial charge is 0.322 e. The predicted molar refractivity (Wildman–Crippen MR) is 115 cm³/mol. The van der Waals surface area contributed by atoms with E-state index in [-0.39, 0.29) is 5.91 Å². The Kier molecular flexibility index (Phi) is 6.65. The van der Waals surface area contributed by atoms with E-state index >= 15 is 0 Å². The lowest BCUT2D eigenvalue weighted by Crippen LogP contribution is -2.11. The van der Waals surface area contributed by atoms with Gasteiger partial charge in [0.2, 0.25) is 0 Å². The van der Waals surface area contributed by atoms with Crippen molar-refractivity contribution in [2.75, 3.05) is 5.32 Å². The summed E-state index contributed by atoms with van der Waals surface area (Å²) in [5.74, 6) is 0.659. The third kappa shape index (κ3) is 5.27. The highest BCUT2D eigenvalue weighted by molar-refractivity contribution is 9.10. The second kappa shape index (κ2) is 8.96. The van der Waals surface area contributed by atoms with Crippen molar-refractivity contribution in [3.8, 4) is 0 Å². The van der Waals surface area contributed by atoms with Gasteiger partial charge in [0.1, 0.15) is 0 Å². The second-order valence-electron chi connectivity index (χ2n) is 5.52. The summed E-state index contributed by atoms with van der Waals surface area (Å²) in [7, 11) is 0. The lowest BCUT2D eigenvalue weighted by Gasteiger charge is -2.07. The molecule has 0 atom stereocenters. The number of anilines is 1. The molecule has 1 amide bonds. The van der Waals surface area contributed by atoms with Gasteiger partial charge in [-0.15, -0.1) is 11.8 Å². The monoisotopic (exact) mass is 465 g/mol. The van der Waals surface area contributed by atoms with Gasteiger partial charge in [-0.1, -0.05) is 35.3 Å². The van der Waals surface area contributed by atoms with Gasteiger partial charge < -0.3 is 5.32 Å². The van der Waals surface area contributed by atoms with Crippen LogP contribution in [0.5, 0.6) is 0 Å².